The van der Waals surface area contributed by atoms with E-state index < -0.39 is 18.0 Å². The van der Waals surface area contributed by atoms with E-state index in [9.17, 15) is 23.1 Å². The van der Waals surface area contributed by atoms with Crippen molar-refractivity contribution in [2.24, 2.45) is 10.7 Å². The van der Waals surface area contributed by atoms with Gasteiger partial charge in [0.05, 0.1) is 22.5 Å². The van der Waals surface area contributed by atoms with Gasteiger partial charge in [0.2, 0.25) is 0 Å². The zero-order valence-electron chi connectivity index (χ0n) is 15.7. The zero-order chi connectivity index (χ0) is 21.9. The van der Waals surface area contributed by atoms with E-state index in [0.29, 0.717) is 24.1 Å². The molecule has 0 aromatic heterocycles. The van der Waals surface area contributed by atoms with Gasteiger partial charge in [0, 0.05) is 24.2 Å². The number of benzene rings is 2. The first kappa shape index (κ1) is 21.9. The van der Waals surface area contributed by atoms with E-state index >= 15 is 0 Å². The second kappa shape index (κ2) is 8.89. The number of aliphatic hydroxyl groups excluding tert-OH is 1. The number of carbonyl (C=O) groups excluding carboxylic acids is 1. The second-order valence-electron chi connectivity index (χ2n) is 6.82. The normalized spacial score (nSPS) is 18.0. The van der Waals surface area contributed by atoms with E-state index in [1.807, 2.05) is 0 Å². The predicted molar refractivity (Wildman–Crippen MR) is 109 cm³/mol. The SMILES string of the molecule is N/C(=C\C(=Nc1ccccc1Cl)c1ccc(C(=O)N2CCC(O)C2)cc1)C(F)(F)F. The lowest BCUT2D eigenvalue weighted by Gasteiger charge is -2.16. The van der Waals surface area contributed by atoms with Gasteiger partial charge in [0.25, 0.3) is 5.91 Å². The summed E-state index contributed by atoms with van der Waals surface area (Å²) < 4.78 is 38.9. The van der Waals surface area contributed by atoms with Crippen LogP contribution < -0.4 is 5.73 Å². The van der Waals surface area contributed by atoms with E-state index in [2.05, 4.69) is 4.99 Å². The number of carbonyl (C=O) groups is 1. The molecule has 2 aromatic carbocycles. The summed E-state index contributed by atoms with van der Waals surface area (Å²) in [5.41, 5.74) is 4.82. The van der Waals surface area contributed by atoms with Gasteiger partial charge in [-0.05, 0) is 36.8 Å². The molecule has 1 fully saturated rings. The summed E-state index contributed by atoms with van der Waals surface area (Å²) in [6, 6.07) is 12.5. The van der Waals surface area contributed by atoms with E-state index in [4.69, 9.17) is 17.3 Å². The fraction of sp³-hybridized carbons (Fsp3) is 0.238. The molecule has 1 saturated heterocycles. The van der Waals surface area contributed by atoms with Gasteiger partial charge in [0.15, 0.2) is 0 Å². The number of hydrogen-bond acceptors (Lipinski definition) is 4. The molecule has 1 atom stereocenters. The molecule has 1 aliphatic rings. The summed E-state index contributed by atoms with van der Waals surface area (Å²) in [4.78, 5) is 18.3. The third-order valence-corrected chi connectivity index (χ3v) is 4.91. The van der Waals surface area contributed by atoms with Crippen LogP contribution in [0.25, 0.3) is 0 Å². The maximum Gasteiger partial charge on any atom is 0.430 e. The number of nitrogens with zero attached hydrogens (tertiary/aromatic N) is 2. The molecule has 158 valence electrons. The van der Waals surface area contributed by atoms with Gasteiger partial charge >= 0.3 is 6.18 Å². The summed E-state index contributed by atoms with van der Waals surface area (Å²) in [6.07, 6.45) is -4.01. The molecular weight excluding hydrogens is 419 g/mol. The van der Waals surface area contributed by atoms with Gasteiger partial charge in [-0.15, -0.1) is 0 Å². The Labute approximate surface area is 176 Å². The van der Waals surface area contributed by atoms with Crippen LogP contribution in [0.2, 0.25) is 5.02 Å². The molecule has 3 rings (SSSR count). The number of halogens is 4. The predicted octanol–water partition coefficient (Wildman–Crippen LogP) is 4.07. The molecule has 30 heavy (non-hydrogen) atoms. The van der Waals surface area contributed by atoms with Crippen LogP contribution in [0.5, 0.6) is 0 Å². The van der Waals surface area contributed by atoms with Crippen LogP contribution in [0.4, 0.5) is 18.9 Å². The fourth-order valence-electron chi connectivity index (χ4n) is 2.97. The fourth-order valence-corrected chi connectivity index (χ4v) is 3.15. The number of likely N-dealkylation sites (tertiary alicyclic amines) is 1. The standard InChI is InChI=1S/C21H19ClF3N3O2/c22-16-3-1-2-4-17(16)27-18(11-19(26)21(23,24)25)13-5-7-14(8-6-13)20(30)28-10-9-15(29)12-28/h1-8,11,15,29H,9-10,12,26H2/b19-11-,27-18?. The molecule has 1 heterocycles. The maximum atomic E-state index is 13.0. The summed E-state index contributed by atoms with van der Waals surface area (Å²) in [6.45, 7) is 0.705. The van der Waals surface area contributed by atoms with Crippen molar-refractivity contribution in [1.29, 1.82) is 0 Å². The Kier molecular flexibility index (Phi) is 6.48. The highest BCUT2D eigenvalue weighted by Gasteiger charge is 2.32. The van der Waals surface area contributed by atoms with Crippen molar-refractivity contribution in [3.8, 4) is 0 Å². The van der Waals surface area contributed by atoms with Crippen LogP contribution >= 0.6 is 11.6 Å². The number of alkyl halides is 3. The largest absolute Gasteiger partial charge is 0.430 e. The van der Waals surface area contributed by atoms with Crippen molar-refractivity contribution < 1.29 is 23.1 Å². The van der Waals surface area contributed by atoms with Crippen LogP contribution in [0.3, 0.4) is 0 Å². The first-order valence-corrected chi connectivity index (χ1v) is 9.48. The number of β-amino-alcohol motifs (C(OH)–C–C–N with tert-alkyl or cyclic N) is 1. The van der Waals surface area contributed by atoms with Crippen LogP contribution in [0.15, 0.2) is 65.3 Å². The highest BCUT2D eigenvalue weighted by molar-refractivity contribution is 6.33. The number of para-hydroxylation sites is 1. The number of rotatable bonds is 4. The van der Waals surface area contributed by atoms with E-state index in [1.54, 1.807) is 24.3 Å². The van der Waals surface area contributed by atoms with Crippen molar-refractivity contribution in [2.75, 3.05) is 13.1 Å². The molecule has 0 bridgehead atoms. The van der Waals surface area contributed by atoms with Crippen LogP contribution in [0, 0.1) is 0 Å². The van der Waals surface area contributed by atoms with Gasteiger partial charge in [-0.1, -0.05) is 35.9 Å². The molecule has 5 nitrogen and oxygen atoms in total. The van der Waals surface area contributed by atoms with Crippen molar-refractivity contribution in [1.82, 2.24) is 4.90 Å². The Balaban J connectivity index is 1.96. The smallest absolute Gasteiger partial charge is 0.395 e. The van der Waals surface area contributed by atoms with E-state index in [1.165, 1.54) is 29.2 Å². The molecule has 1 amide bonds. The monoisotopic (exact) mass is 437 g/mol. The maximum absolute atomic E-state index is 13.0. The quantitative estimate of drug-likeness (QED) is 0.707. The van der Waals surface area contributed by atoms with Crippen LogP contribution in [0.1, 0.15) is 22.3 Å². The average molecular weight is 438 g/mol. The number of allylic oxidation sites excluding steroid dienone is 2. The number of nitrogens with two attached hydrogens (primary N) is 1. The summed E-state index contributed by atoms with van der Waals surface area (Å²) >= 11 is 6.08. The lowest BCUT2D eigenvalue weighted by molar-refractivity contribution is -0.0925. The molecule has 0 aliphatic carbocycles. The molecule has 1 aliphatic heterocycles. The first-order chi connectivity index (χ1) is 14.1. The topological polar surface area (TPSA) is 78.9 Å². The lowest BCUT2D eigenvalue weighted by atomic mass is 10.1. The first-order valence-electron chi connectivity index (χ1n) is 9.10. The Bertz CT molecular complexity index is 988. The third-order valence-electron chi connectivity index (χ3n) is 4.59. The number of aliphatic imine (C=N–C) groups is 1. The minimum absolute atomic E-state index is 0.0477. The third kappa shape index (κ3) is 5.20. The number of hydrogen-bond donors (Lipinski definition) is 2. The van der Waals surface area contributed by atoms with E-state index in [-0.39, 0.29) is 28.9 Å². The minimum atomic E-state index is -4.71. The molecule has 0 saturated carbocycles. The van der Waals surface area contributed by atoms with Gasteiger partial charge < -0.3 is 15.7 Å². The highest BCUT2D eigenvalue weighted by atomic mass is 35.5. The van der Waals surface area contributed by atoms with Gasteiger partial charge in [0.1, 0.15) is 5.70 Å². The Hall–Kier alpha value is -2.84. The van der Waals surface area contributed by atoms with Crippen molar-refractivity contribution >= 4 is 28.9 Å². The highest BCUT2D eigenvalue weighted by Crippen LogP contribution is 2.27. The van der Waals surface area contributed by atoms with Gasteiger partial charge in [-0.25, -0.2) is 4.99 Å². The van der Waals surface area contributed by atoms with Crippen LogP contribution in [-0.2, 0) is 0 Å². The Morgan fingerprint density at radius 1 is 1.17 bits per heavy atom. The summed E-state index contributed by atoms with van der Waals surface area (Å²) in [5.74, 6) is -0.256. The molecule has 9 heteroatoms. The van der Waals surface area contributed by atoms with Crippen molar-refractivity contribution in [3.63, 3.8) is 0 Å². The Morgan fingerprint density at radius 3 is 2.37 bits per heavy atom. The van der Waals surface area contributed by atoms with Crippen LogP contribution in [-0.4, -0.2) is 47.0 Å². The molecule has 2 aromatic rings. The van der Waals surface area contributed by atoms with Crippen molar-refractivity contribution in [2.45, 2.75) is 18.7 Å². The van der Waals surface area contributed by atoms with Gasteiger partial charge in [-0.2, -0.15) is 13.2 Å². The Morgan fingerprint density at radius 2 is 1.80 bits per heavy atom. The zero-order valence-corrected chi connectivity index (χ0v) is 16.5. The second-order valence-corrected chi connectivity index (χ2v) is 7.22. The molecule has 3 N–H and O–H groups in total. The average Bonchev–Trinajstić information content (AvgIpc) is 3.14. The summed E-state index contributed by atoms with van der Waals surface area (Å²) in [5, 5.41) is 9.87. The lowest BCUT2D eigenvalue weighted by Crippen LogP contribution is -2.29. The molecular formula is C21H19ClF3N3O2. The van der Waals surface area contributed by atoms with Crippen molar-refractivity contribution in [3.05, 3.63) is 76.5 Å². The van der Waals surface area contributed by atoms with Gasteiger partial charge in [-0.3, -0.25) is 4.79 Å². The molecule has 1 unspecified atom stereocenters. The minimum Gasteiger partial charge on any atom is -0.395 e. The number of aliphatic hydroxyl groups is 1. The molecule has 0 spiro atoms. The number of amides is 1. The molecule has 0 radical (unpaired) electrons. The van der Waals surface area contributed by atoms with E-state index in [0.717, 1.165) is 6.08 Å². The summed E-state index contributed by atoms with van der Waals surface area (Å²) in [7, 11) is 0.